The van der Waals surface area contributed by atoms with Gasteiger partial charge in [0.25, 0.3) is 0 Å². The van der Waals surface area contributed by atoms with E-state index >= 15 is 0 Å². The van der Waals surface area contributed by atoms with Gasteiger partial charge in [0.15, 0.2) is 5.78 Å². The summed E-state index contributed by atoms with van der Waals surface area (Å²) in [5, 5.41) is 9.89. The number of Topliss-reactive ketones (excluding diaryl/α,β-unsaturated/α-hetero) is 1. The highest BCUT2D eigenvalue weighted by Crippen LogP contribution is 2.29. The smallest absolute Gasteiger partial charge is 0.163 e. The number of carbonyl (C=O) groups is 1. The zero-order valence-electron chi connectivity index (χ0n) is 11.7. The van der Waals surface area contributed by atoms with Crippen LogP contribution in [0.3, 0.4) is 0 Å². The number of carbonyl (C=O) groups excluding carboxylic acids is 1. The van der Waals surface area contributed by atoms with Crippen molar-refractivity contribution in [3.8, 4) is 5.75 Å². The standard InChI is InChI=1S/C15H21NO3/c1-10-6-7-16(9-15(10)19-3)12-4-5-13(11(2)17)14(18)8-12/h4-5,8,10,15,18H,6-7,9H2,1-3H3. The van der Waals surface area contributed by atoms with Crippen molar-refractivity contribution >= 4 is 11.5 Å². The van der Waals surface area contributed by atoms with Crippen molar-refractivity contribution in [1.82, 2.24) is 0 Å². The molecule has 1 fully saturated rings. The Bertz CT molecular complexity index is 472. The van der Waals surface area contributed by atoms with Gasteiger partial charge in [0.05, 0.1) is 11.7 Å². The van der Waals surface area contributed by atoms with Crippen LogP contribution >= 0.6 is 0 Å². The van der Waals surface area contributed by atoms with E-state index in [2.05, 4.69) is 11.8 Å². The molecule has 1 aromatic carbocycles. The molecule has 104 valence electrons. The van der Waals surface area contributed by atoms with Crippen LogP contribution in [-0.4, -0.2) is 37.2 Å². The van der Waals surface area contributed by atoms with Crippen molar-refractivity contribution in [3.05, 3.63) is 23.8 Å². The van der Waals surface area contributed by atoms with Crippen LogP contribution in [0.15, 0.2) is 18.2 Å². The molecule has 0 radical (unpaired) electrons. The molecule has 1 aromatic rings. The van der Waals surface area contributed by atoms with E-state index in [1.807, 2.05) is 6.07 Å². The summed E-state index contributed by atoms with van der Waals surface area (Å²) in [4.78, 5) is 13.5. The monoisotopic (exact) mass is 263 g/mol. The molecule has 2 unspecified atom stereocenters. The summed E-state index contributed by atoms with van der Waals surface area (Å²) in [6.07, 6.45) is 1.27. The third-order valence-corrected chi connectivity index (χ3v) is 3.92. The highest BCUT2D eigenvalue weighted by atomic mass is 16.5. The molecular formula is C15H21NO3. The van der Waals surface area contributed by atoms with Gasteiger partial charge in [-0.3, -0.25) is 4.79 Å². The van der Waals surface area contributed by atoms with Crippen molar-refractivity contribution in [1.29, 1.82) is 0 Å². The second kappa shape index (κ2) is 5.61. The maximum absolute atomic E-state index is 11.3. The molecule has 0 bridgehead atoms. The fraction of sp³-hybridized carbons (Fsp3) is 0.533. The maximum atomic E-state index is 11.3. The fourth-order valence-electron chi connectivity index (χ4n) is 2.59. The van der Waals surface area contributed by atoms with Crippen LogP contribution in [0.1, 0.15) is 30.6 Å². The van der Waals surface area contributed by atoms with E-state index in [0.29, 0.717) is 11.5 Å². The molecule has 0 saturated carbocycles. The van der Waals surface area contributed by atoms with Crippen LogP contribution in [0.5, 0.6) is 5.75 Å². The van der Waals surface area contributed by atoms with Crippen LogP contribution in [0.2, 0.25) is 0 Å². The van der Waals surface area contributed by atoms with Crippen LogP contribution in [-0.2, 0) is 4.74 Å². The van der Waals surface area contributed by atoms with Gasteiger partial charge < -0.3 is 14.7 Å². The SMILES string of the molecule is COC1CN(c2ccc(C(C)=O)c(O)c2)CCC1C. The van der Waals surface area contributed by atoms with E-state index < -0.39 is 0 Å². The number of ketones is 1. The van der Waals surface area contributed by atoms with Crippen LogP contribution in [0.25, 0.3) is 0 Å². The Labute approximate surface area is 114 Å². The summed E-state index contributed by atoms with van der Waals surface area (Å²) in [6.45, 7) is 5.41. The average Bonchev–Trinajstić information content (AvgIpc) is 2.38. The number of aromatic hydroxyl groups is 1. The molecule has 0 aromatic heterocycles. The van der Waals surface area contributed by atoms with Gasteiger partial charge in [0.1, 0.15) is 5.75 Å². The van der Waals surface area contributed by atoms with E-state index in [1.165, 1.54) is 6.92 Å². The number of phenols is 1. The van der Waals surface area contributed by atoms with Gasteiger partial charge >= 0.3 is 0 Å². The molecule has 1 aliphatic rings. The zero-order valence-corrected chi connectivity index (χ0v) is 11.7. The number of anilines is 1. The van der Waals surface area contributed by atoms with Gasteiger partial charge in [-0.25, -0.2) is 0 Å². The number of methoxy groups -OCH3 is 1. The molecule has 1 heterocycles. The van der Waals surface area contributed by atoms with Crippen LogP contribution in [0.4, 0.5) is 5.69 Å². The average molecular weight is 263 g/mol. The molecule has 0 spiro atoms. The molecule has 1 aliphatic heterocycles. The van der Waals surface area contributed by atoms with Crippen molar-refractivity contribution in [3.63, 3.8) is 0 Å². The van der Waals surface area contributed by atoms with Gasteiger partial charge in [0, 0.05) is 32.0 Å². The summed E-state index contributed by atoms with van der Waals surface area (Å²) in [7, 11) is 1.74. The molecule has 1 saturated heterocycles. The number of rotatable bonds is 3. The van der Waals surface area contributed by atoms with E-state index in [0.717, 1.165) is 25.2 Å². The Kier molecular flexibility index (Phi) is 4.10. The Morgan fingerprint density at radius 3 is 2.79 bits per heavy atom. The fourth-order valence-corrected chi connectivity index (χ4v) is 2.59. The molecule has 4 heteroatoms. The van der Waals surface area contributed by atoms with Gasteiger partial charge in [0.2, 0.25) is 0 Å². The third kappa shape index (κ3) is 2.89. The predicted octanol–water partition coefficient (Wildman–Crippen LogP) is 2.46. The third-order valence-electron chi connectivity index (χ3n) is 3.92. The van der Waals surface area contributed by atoms with Crippen molar-refractivity contribution < 1.29 is 14.6 Å². The van der Waals surface area contributed by atoms with Gasteiger partial charge in [-0.15, -0.1) is 0 Å². The second-order valence-electron chi connectivity index (χ2n) is 5.24. The first-order chi connectivity index (χ1) is 9.02. The predicted molar refractivity (Wildman–Crippen MR) is 74.9 cm³/mol. The summed E-state index contributed by atoms with van der Waals surface area (Å²) in [5.74, 6) is 0.481. The second-order valence-corrected chi connectivity index (χ2v) is 5.24. The lowest BCUT2D eigenvalue weighted by molar-refractivity contribution is 0.0498. The summed E-state index contributed by atoms with van der Waals surface area (Å²) in [5.41, 5.74) is 1.31. The number of phenolic OH excluding ortho intramolecular Hbond substituents is 1. The lowest BCUT2D eigenvalue weighted by Gasteiger charge is -2.37. The van der Waals surface area contributed by atoms with E-state index in [9.17, 15) is 9.90 Å². The Hall–Kier alpha value is -1.55. The minimum atomic E-state index is -0.119. The lowest BCUT2D eigenvalue weighted by Crippen LogP contribution is -2.43. The van der Waals surface area contributed by atoms with Crippen LogP contribution in [0, 0.1) is 5.92 Å². The molecule has 2 rings (SSSR count). The number of nitrogens with zero attached hydrogens (tertiary/aromatic N) is 1. The summed E-state index contributed by atoms with van der Waals surface area (Å²) < 4.78 is 5.49. The van der Waals surface area contributed by atoms with E-state index in [4.69, 9.17) is 4.74 Å². The van der Waals surface area contributed by atoms with Crippen molar-refractivity contribution in [2.45, 2.75) is 26.4 Å². The Balaban J connectivity index is 2.18. The quantitative estimate of drug-likeness (QED) is 0.851. The Morgan fingerprint density at radius 2 is 2.21 bits per heavy atom. The molecule has 1 N–H and O–H groups in total. The molecule has 2 atom stereocenters. The van der Waals surface area contributed by atoms with E-state index in [-0.39, 0.29) is 17.6 Å². The zero-order chi connectivity index (χ0) is 14.0. The highest BCUT2D eigenvalue weighted by Gasteiger charge is 2.26. The Morgan fingerprint density at radius 1 is 1.47 bits per heavy atom. The number of piperidine rings is 1. The summed E-state index contributed by atoms with van der Waals surface area (Å²) >= 11 is 0. The minimum absolute atomic E-state index is 0.0533. The molecule has 0 aliphatic carbocycles. The minimum Gasteiger partial charge on any atom is -0.507 e. The van der Waals surface area contributed by atoms with Crippen molar-refractivity contribution in [2.75, 3.05) is 25.1 Å². The van der Waals surface area contributed by atoms with Gasteiger partial charge in [-0.1, -0.05) is 6.92 Å². The topological polar surface area (TPSA) is 49.8 Å². The normalized spacial score (nSPS) is 23.4. The molecule has 19 heavy (non-hydrogen) atoms. The summed E-state index contributed by atoms with van der Waals surface area (Å²) in [6, 6.07) is 5.24. The number of ether oxygens (including phenoxy) is 1. The first kappa shape index (κ1) is 13.9. The highest BCUT2D eigenvalue weighted by molar-refractivity contribution is 5.97. The van der Waals surface area contributed by atoms with Crippen molar-refractivity contribution in [2.24, 2.45) is 5.92 Å². The maximum Gasteiger partial charge on any atom is 0.163 e. The van der Waals surface area contributed by atoms with Crippen LogP contribution < -0.4 is 4.90 Å². The first-order valence-electron chi connectivity index (χ1n) is 6.64. The largest absolute Gasteiger partial charge is 0.507 e. The first-order valence-corrected chi connectivity index (χ1v) is 6.64. The van der Waals surface area contributed by atoms with Gasteiger partial charge in [-0.2, -0.15) is 0 Å². The molecule has 4 nitrogen and oxygen atoms in total. The van der Waals surface area contributed by atoms with E-state index in [1.54, 1.807) is 19.2 Å². The molecular weight excluding hydrogens is 242 g/mol. The number of benzene rings is 1. The number of hydrogen-bond acceptors (Lipinski definition) is 4. The van der Waals surface area contributed by atoms with Gasteiger partial charge in [-0.05, 0) is 31.4 Å². The number of hydrogen-bond donors (Lipinski definition) is 1. The lowest BCUT2D eigenvalue weighted by atomic mass is 9.95. The molecule has 0 amide bonds.